The number of benzene rings is 2. The standard InChI is InChI=1S/C12H10Cl2N2O2.C8H9BrO2.C4H4Cl2N2/c1-17-9-4-3-7(5-10(9)18-2)8-6-11(13)16-12(14)15-8;1-10-7-4-3-6(9)5-8(7)11-2;5-3-1-2-7-4(6)8-3/h3-6H,1-2H3;3-5H,1-2H3;1-3H,(H,7,8). The molecule has 1 unspecified atom stereocenters. The van der Waals surface area contributed by atoms with Crippen LogP contribution in [0.5, 0.6) is 23.0 Å². The van der Waals surface area contributed by atoms with E-state index in [9.17, 15) is 0 Å². The molecule has 1 aliphatic rings. The van der Waals surface area contributed by atoms with Crippen molar-refractivity contribution in [3.8, 4) is 34.3 Å². The molecule has 1 aromatic heterocycles. The van der Waals surface area contributed by atoms with Crippen LogP contribution in [0.25, 0.3) is 11.3 Å². The average molecular weight is 653 g/mol. The lowest BCUT2D eigenvalue weighted by Crippen LogP contribution is -2.16. The lowest BCUT2D eigenvalue weighted by Gasteiger charge is -2.09. The molecule has 0 saturated carbocycles. The number of aromatic nitrogens is 2. The monoisotopic (exact) mass is 650 g/mol. The Morgan fingerprint density at radius 1 is 0.784 bits per heavy atom. The fourth-order valence-electron chi connectivity index (χ4n) is 2.73. The van der Waals surface area contributed by atoms with Gasteiger partial charge in [0.25, 0.3) is 0 Å². The largest absolute Gasteiger partial charge is 0.493 e. The Bertz CT molecular complexity index is 1230. The van der Waals surface area contributed by atoms with Gasteiger partial charge in [-0.1, -0.05) is 39.1 Å². The lowest BCUT2D eigenvalue weighted by atomic mass is 10.1. The number of halogens is 5. The van der Waals surface area contributed by atoms with Crippen molar-refractivity contribution in [1.82, 2.24) is 15.3 Å². The molecule has 198 valence electrons. The molecule has 13 heteroatoms. The smallest absolute Gasteiger partial charge is 0.224 e. The highest BCUT2D eigenvalue weighted by molar-refractivity contribution is 9.10. The number of hydrogen-bond acceptors (Lipinski definition) is 8. The minimum atomic E-state index is -0.302. The zero-order chi connectivity index (χ0) is 27.4. The van der Waals surface area contributed by atoms with E-state index >= 15 is 0 Å². The molecule has 2 aromatic carbocycles. The first-order valence-corrected chi connectivity index (χ1v) is 12.7. The third kappa shape index (κ3) is 10.1. The van der Waals surface area contributed by atoms with Gasteiger partial charge in [-0.15, -0.1) is 0 Å². The van der Waals surface area contributed by atoms with Crippen LogP contribution in [0, 0.1) is 0 Å². The number of nitrogens with one attached hydrogen (secondary N) is 1. The van der Waals surface area contributed by atoms with Crippen LogP contribution in [0.3, 0.4) is 0 Å². The van der Waals surface area contributed by atoms with Crippen molar-refractivity contribution in [2.45, 2.75) is 5.50 Å². The van der Waals surface area contributed by atoms with Crippen LogP contribution < -0.4 is 24.3 Å². The number of alkyl halides is 1. The van der Waals surface area contributed by atoms with Crippen LogP contribution in [0.1, 0.15) is 0 Å². The summed E-state index contributed by atoms with van der Waals surface area (Å²) in [5.41, 5.74) is 1.14. The van der Waals surface area contributed by atoms with Crippen LogP contribution in [-0.2, 0) is 0 Å². The van der Waals surface area contributed by atoms with Gasteiger partial charge in [-0.25, -0.2) is 15.0 Å². The minimum Gasteiger partial charge on any atom is -0.493 e. The Morgan fingerprint density at radius 2 is 1.38 bits per heavy atom. The summed E-state index contributed by atoms with van der Waals surface area (Å²) in [6, 6.07) is 12.7. The molecule has 0 spiro atoms. The second-order valence-corrected chi connectivity index (χ2v) is 9.16. The zero-order valence-electron chi connectivity index (χ0n) is 20.1. The summed E-state index contributed by atoms with van der Waals surface area (Å²) in [4.78, 5) is 11.6. The van der Waals surface area contributed by atoms with Gasteiger partial charge in [-0.3, -0.25) is 0 Å². The van der Waals surface area contributed by atoms with Crippen LogP contribution in [0.4, 0.5) is 0 Å². The van der Waals surface area contributed by atoms with E-state index < -0.39 is 0 Å². The van der Waals surface area contributed by atoms with Crippen LogP contribution in [0.2, 0.25) is 10.4 Å². The number of aliphatic imine (C=N–C) groups is 1. The quantitative estimate of drug-likeness (QED) is 0.135. The predicted octanol–water partition coefficient (Wildman–Crippen LogP) is 7.20. The zero-order valence-corrected chi connectivity index (χ0v) is 24.7. The van der Waals surface area contributed by atoms with Crippen LogP contribution >= 0.6 is 62.3 Å². The number of nitrogens with zero attached hydrogens (tertiary/aromatic N) is 3. The molecule has 4 rings (SSSR count). The highest BCUT2D eigenvalue weighted by Gasteiger charge is 2.09. The predicted molar refractivity (Wildman–Crippen MR) is 153 cm³/mol. The lowest BCUT2D eigenvalue weighted by molar-refractivity contribution is 0.354. The Labute approximate surface area is 243 Å². The summed E-state index contributed by atoms with van der Waals surface area (Å²) in [7, 11) is 6.38. The van der Waals surface area contributed by atoms with Gasteiger partial charge in [0, 0.05) is 22.3 Å². The Hall–Kier alpha value is -2.43. The second-order valence-electron chi connectivity index (χ2n) is 6.71. The van der Waals surface area contributed by atoms with Gasteiger partial charge < -0.3 is 24.3 Å². The highest BCUT2D eigenvalue weighted by Crippen LogP contribution is 2.32. The van der Waals surface area contributed by atoms with Gasteiger partial charge in [-0.2, -0.15) is 0 Å². The van der Waals surface area contributed by atoms with Gasteiger partial charge in [-0.05, 0) is 65.7 Å². The molecule has 0 fully saturated rings. The number of amidine groups is 1. The van der Waals surface area contributed by atoms with Gasteiger partial charge in [0.1, 0.15) is 10.7 Å². The average Bonchev–Trinajstić information content (AvgIpc) is 2.88. The maximum atomic E-state index is 5.84. The van der Waals surface area contributed by atoms with Gasteiger partial charge in [0.2, 0.25) is 5.28 Å². The summed E-state index contributed by atoms with van der Waals surface area (Å²) in [6.45, 7) is 0. The SMILES string of the molecule is COc1ccc(-c2cc(Cl)nc(Cl)n2)cc1OC.COc1ccc(Br)cc1OC.ClC1=NC(Cl)C=CN1. The topological polar surface area (TPSA) is 87.1 Å². The van der Waals surface area contributed by atoms with Crippen molar-refractivity contribution in [2.24, 2.45) is 4.99 Å². The summed E-state index contributed by atoms with van der Waals surface area (Å²) in [6.07, 6.45) is 3.36. The fraction of sp³-hybridized carbons (Fsp3) is 0.208. The van der Waals surface area contributed by atoms with E-state index in [1.54, 1.807) is 58.9 Å². The molecule has 2 heterocycles. The van der Waals surface area contributed by atoms with E-state index in [1.165, 1.54) is 0 Å². The molecule has 0 bridgehead atoms. The number of methoxy groups -OCH3 is 4. The molecule has 1 atom stereocenters. The normalized spacial score (nSPS) is 13.5. The molecular weight excluding hydrogens is 630 g/mol. The van der Waals surface area contributed by atoms with Gasteiger partial charge in [0.05, 0.1) is 34.1 Å². The third-order valence-corrected chi connectivity index (χ3v) is 5.69. The van der Waals surface area contributed by atoms with Crippen LogP contribution in [-0.4, -0.2) is 49.2 Å². The van der Waals surface area contributed by atoms with Crippen molar-refractivity contribution in [1.29, 1.82) is 0 Å². The fourth-order valence-corrected chi connectivity index (χ4v) is 3.87. The highest BCUT2D eigenvalue weighted by atomic mass is 79.9. The van der Waals surface area contributed by atoms with Gasteiger partial charge in [0.15, 0.2) is 28.3 Å². The first kappa shape index (κ1) is 30.8. The minimum absolute atomic E-state index is 0.104. The molecular formula is C24H23BrCl4N4O4. The van der Waals surface area contributed by atoms with Crippen molar-refractivity contribution in [2.75, 3.05) is 28.4 Å². The van der Waals surface area contributed by atoms with Crippen molar-refractivity contribution in [3.05, 3.63) is 69.6 Å². The maximum Gasteiger partial charge on any atom is 0.224 e. The molecule has 37 heavy (non-hydrogen) atoms. The summed E-state index contributed by atoms with van der Waals surface area (Å²) in [5.74, 6) is 2.74. The molecule has 0 amide bonds. The molecule has 0 aliphatic carbocycles. The maximum absolute atomic E-state index is 5.84. The molecule has 1 aliphatic heterocycles. The van der Waals surface area contributed by atoms with E-state index in [0.29, 0.717) is 27.6 Å². The first-order valence-electron chi connectivity index (χ1n) is 10.3. The van der Waals surface area contributed by atoms with E-state index in [1.807, 2.05) is 24.3 Å². The Morgan fingerprint density at radius 3 is 1.89 bits per heavy atom. The second kappa shape index (κ2) is 15.7. The Balaban J connectivity index is 0.000000215. The molecule has 3 aromatic rings. The van der Waals surface area contributed by atoms with E-state index in [0.717, 1.165) is 21.5 Å². The number of rotatable bonds is 5. The molecule has 0 saturated heterocycles. The van der Waals surface area contributed by atoms with Crippen molar-refractivity contribution >= 4 is 67.6 Å². The van der Waals surface area contributed by atoms with Crippen LogP contribution in [0.15, 0.2) is 64.2 Å². The van der Waals surface area contributed by atoms with E-state index in [2.05, 4.69) is 36.2 Å². The molecule has 8 nitrogen and oxygen atoms in total. The van der Waals surface area contributed by atoms with E-state index in [-0.39, 0.29) is 10.8 Å². The molecule has 1 N–H and O–H groups in total. The summed E-state index contributed by atoms with van der Waals surface area (Å²) in [5, 5.41) is 3.40. The number of hydrogen-bond donors (Lipinski definition) is 1. The first-order chi connectivity index (χ1) is 17.7. The van der Waals surface area contributed by atoms with Crippen molar-refractivity contribution < 1.29 is 18.9 Å². The summed E-state index contributed by atoms with van der Waals surface area (Å²) >= 11 is 25.9. The summed E-state index contributed by atoms with van der Waals surface area (Å²) < 4.78 is 21.5. The Kier molecular flexibility index (Phi) is 13.1. The third-order valence-electron chi connectivity index (χ3n) is 4.39. The van der Waals surface area contributed by atoms with Gasteiger partial charge >= 0.3 is 0 Å². The molecule has 0 radical (unpaired) electrons. The van der Waals surface area contributed by atoms with E-state index in [4.69, 9.17) is 65.4 Å². The number of ether oxygens (including phenoxy) is 4. The van der Waals surface area contributed by atoms with Crippen molar-refractivity contribution in [3.63, 3.8) is 0 Å².